The smallest absolute Gasteiger partial charge is 0.254 e. The number of thioether (sulfide) groups is 1. The molecule has 0 radical (unpaired) electrons. The van der Waals surface area contributed by atoms with E-state index in [-0.39, 0.29) is 17.7 Å². The van der Waals surface area contributed by atoms with E-state index < -0.39 is 5.54 Å². The van der Waals surface area contributed by atoms with Crippen LogP contribution in [0.15, 0.2) is 24.3 Å². The Morgan fingerprint density at radius 1 is 1.04 bits per heavy atom. The first-order chi connectivity index (χ1) is 13.5. The first-order valence-corrected chi connectivity index (χ1v) is 11.2. The van der Waals surface area contributed by atoms with Crippen molar-refractivity contribution in [3.63, 3.8) is 0 Å². The summed E-state index contributed by atoms with van der Waals surface area (Å²) in [6.07, 6.45) is 1.66. The van der Waals surface area contributed by atoms with Gasteiger partial charge in [0.25, 0.3) is 5.91 Å². The maximum Gasteiger partial charge on any atom is 0.254 e. The third kappa shape index (κ3) is 3.52. The molecule has 0 aromatic heterocycles. The number of carbonyl (C=O) groups excluding carboxylic acids is 3. The van der Waals surface area contributed by atoms with E-state index in [4.69, 9.17) is 0 Å². The standard InChI is InChI=1S/C21H27N3O3S/c1-16(25)22-8-6-21(7-9-22,14-19(26)23-10-12-28-13-11-23)24-15-17-4-2-3-5-18(17)20(24)27/h2-5H,6-15H2,1H3. The van der Waals surface area contributed by atoms with E-state index in [2.05, 4.69) is 0 Å². The second-order valence-corrected chi connectivity index (χ2v) is 9.17. The Kier molecular flexibility index (Phi) is 5.36. The van der Waals surface area contributed by atoms with Crippen LogP contribution in [0.25, 0.3) is 0 Å². The van der Waals surface area contributed by atoms with Gasteiger partial charge < -0.3 is 14.7 Å². The first-order valence-electron chi connectivity index (χ1n) is 10.0. The monoisotopic (exact) mass is 401 g/mol. The summed E-state index contributed by atoms with van der Waals surface area (Å²) in [6.45, 7) is 4.90. The van der Waals surface area contributed by atoms with Crippen molar-refractivity contribution in [2.75, 3.05) is 37.7 Å². The van der Waals surface area contributed by atoms with Crippen LogP contribution in [0.5, 0.6) is 0 Å². The minimum Gasteiger partial charge on any atom is -0.343 e. The Labute approximate surface area is 170 Å². The fourth-order valence-corrected chi connectivity index (χ4v) is 5.53. The van der Waals surface area contributed by atoms with E-state index in [1.165, 1.54) is 0 Å². The number of fused-ring (bicyclic) bond motifs is 1. The van der Waals surface area contributed by atoms with Crippen LogP contribution in [0.3, 0.4) is 0 Å². The van der Waals surface area contributed by atoms with E-state index in [0.29, 0.717) is 38.9 Å². The molecule has 0 bridgehead atoms. The normalized spacial score (nSPS) is 21.6. The molecular weight excluding hydrogens is 374 g/mol. The zero-order valence-corrected chi connectivity index (χ0v) is 17.2. The number of amides is 3. The quantitative estimate of drug-likeness (QED) is 0.777. The van der Waals surface area contributed by atoms with E-state index in [9.17, 15) is 14.4 Å². The Hall–Kier alpha value is -2.02. The molecule has 150 valence electrons. The molecule has 0 N–H and O–H groups in total. The summed E-state index contributed by atoms with van der Waals surface area (Å²) >= 11 is 1.88. The number of hydrogen-bond acceptors (Lipinski definition) is 4. The van der Waals surface area contributed by atoms with Crippen LogP contribution in [-0.4, -0.2) is 75.6 Å². The van der Waals surface area contributed by atoms with Gasteiger partial charge in [0.1, 0.15) is 0 Å². The maximum absolute atomic E-state index is 13.2. The Bertz CT molecular complexity index is 783. The summed E-state index contributed by atoms with van der Waals surface area (Å²) < 4.78 is 0. The van der Waals surface area contributed by atoms with E-state index in [0.717, 1.165) is 35.7 Å². The molecule has 28 heavy (non-hydrogen) atoms. The zero-order valence-electron chi connectivity index (χ0n) is 16.4. The third-order valence-electron chi connectivity index (χ3n) is 6.38. The summed E-state index contributed by atoms with van der Waals surface area (Å²) in [7, 11) is 0. The highest BCUT2D eigenvalue weighted by molar-refractivity contribution is 7.99. The predicted octanol–water partition coefficient (Wildman–Crippen LogP) is 1.99. The second-order valence-electron chi connectivity index (χ2n) is 7.95. The average molecular weight is 402 g/mol. The van der Waals surface area contributed by atoms with Crippen molar-refractivity contribution in [2.45, 2.75) is 38.3 Å². The molecule has 0 spiro atoms. The Balaban J connectivity index is 1.58. The Morgan fingerprint density at radius 2 is 1.71 bits per heavy atom. The lowest BCUT2D eigenvalue weighted by Crippen LogP contribution is -2.58. The summed E-state index contributed by atoms with van der Waals surface area (Å²) in [4.78, 5) is 43.8. The van der Waals surface area contributed by atoms with Gasteiger partial charge in [0.2, 0.25) is 11.8 Å². The maximum atomic E-state index is 13.2. The molecule has 3 aliphatic heterocycles. The van der Waals surface area contributed by atoms with Crippen molar-refractivity contribution < 1.29 is 14.4 Å². The van der Waals surface area contributed by atoms with E-state index >= 15 is 0 Å². The van der Waals surface area contributed by atoms with Crippen LogP contribution in [0.4, 0.5) is 0 Å². The van der Waals surface area contributed by atoms with Crippen LogP contribution in [0.2, 0.25) is 0 Å². The molecule has 1 aromatic carbocycles. The van der Waals surface area contributed by atoms with Gasteiger partial charge >= 0.3 is 0 Å². The number of nitrogens with zero attached hydrogens (tertiary/aromatic N) is 3. The summed E-state index contributed by atoms with van der Waals surface area (Å²) in [5.41, 5.74) is 1.27. The molecule has 0 saturated carbocycles. The molecule has 0 unspecified atom stereocenters. The molecule has 7 heteroatoms. The molecule has 2 fully saturated rings. The van der Waals surface area contributed by atoms with Gasteiger partial charge in [-0.3, -0.25) is 14.4 Å². The number of hydrogen-bond donors (Lipinski definition) is 0. The highest BCUT2D eigenvalue weighted by Gasteiger charge is 2.47. The molecule has 3 heterocycles. The fourth-order valence-electron chi connectivity index (χ4n) is 4.62. The highest BCUT2D eigenvalue weighted by Crippen LogP contribution is 2.39. The average Bonchev–Trinajstić information content (AvgIpc) is 3.06. The highest BCUT2D eigenvalue weighted by atomic mass is 32.2. The van der Waals surface area contributed by atoms with Gasteiger partial charge in [0, 0.05) is 56.7 Å². The molecule has 0 atom stereocenters. The fraction of sp³-hybridized carbons (Fsp3) is 0.571. The third-order valence-corrected chi connectivity index (χ3v) is 7.32. The summed E-state index contributed by atoms with van der Waals surface area (Å²) in [5, 5.41) is 0. The minimum atomic E-state index is -0.510. The van der Waals surface area contributed by atoms with Crippen molar-refractivity contribution in [1.82, 2.24) is 14.7 Å². The lowest BCUT2D eigenvalue weighted by atomic mass is 9.82. The van der Waals surface area contributed by atoms with Gasteiger partial charge in [-0.2, -0.15) is 11.8 Å². The summed E-state index contributed by atoms with van der Waals surface area (Å²) in [6, 6.07) is 7.72. The molecule has 6 nitrogen and oxygen atoms in total. The molecule has 2 saturated heterocycles. The van der Waals surface area contributed by atoms with Crippen molar-refractivity contribution in [3.05, 3.63) is 35.4 Å². The SMILES string of the molecule is CC(=O)N1CCC(CC(=O)N2CCSCC2)(N2Cc3ccccc3C2=O)CC1. The molecule has 3 amide bonds. The van der Waals surface area contributed by atoms with Gasteiger partial charge in [-0.05, 0) is 24.5 Å². The van der Waals surface area contributed by atoms with Gasteiger partial charge in [-0.1, -0.05) is 18.2 Å². The van der Waals surface area contributed by atoms with Gasteiger partial charge in [0.05, 0.1) is 12.0 Å². The van der Waals surface area contributed by atoms with Crippen LogP contribution in [0.1, 0.15) is 42.1 Å². The Morgan fingerprint density at radius 3 is 2.36 bits per heavy atom. The van der Waals surface area contributed by atoms with E-state index in [1.54, 1.807) is 6.92 Å². The predicted molar refractivity (Wildman–Crippen MR) is 109 cm³/mol. The second kappa shape index (κ2) is 7.78. The number of piperidine rings is 1. The number of likely N-dealkylation sites (tertiary alicyclic amines) is 1. The number of benzene rings is 1. The van der Waals surface area contributed by atoms with Crippen molar-refractivity contribution in [2.24, 2.45) is 0 Å². The van der Waals surface area contributed by atoms with E-state index in [1.807, 2.05) is 50.7 Å². The minimum absolute atomic E-state index is 0.0221. The number of rotatable bonds is 3. The van der Waals surface area contributed by atoms with Crippen LogP contribution in [0, 0.1) is 0 Å². The van der Waals surface area contributed by atoms with Crippen LogP contribution < -0.4 is 0 Å². The molecule has 0 aliphatic carbocycles. The van der Waals surface area contributed by atoms with Gasteiger partial charge in [-0.15, -0.1) is 0 Å². The largest absolute Gasteiger partial charge is 0.343 e. The lowest BCUT2D eigenvalue weighted by molar-refractivity contribution is -0.136. The van der Waals surface area contributed by atoms with Crippen molar-refractivity contribution in [1.29, 1.82) is 0 Å². The molecule has 4 rings (SSSR count). The first kappa shape index (κ1) is 19.3. The number of carbonyl (C=O) groups is 3. The van der Waals surface area contributed by atoms with Crippen LogP contribution in [-0.2, 0) is 16.1 Å². The molecule has 1 aromatic rings. The molecule has 3 aliphatic rings. The van der Waals surface area contributed by atoms with Crippen molar-refractivity contribution in [3.8, 4) is 0 Å². The topological polar surface area (TPSA) is 60.9 Å². The van der Waals surface area contributed by atoms with Crippen molar-refractivity contribution >= 4 is 29.5 Å². The lowest BCUT2D eigenvalue weighted by Gasteiger charge is -2.47. The van der Waals surface area contributed by atoms with Crippen LogP contribution >= 0.6 is 11.8 Å². The zero-order chi connectivity index (χ0) is 19.7. The molecular formula is C21H27N3O3S. The van der Waals surface area contributed by atoms with Gasteiger partial charge in [-0.25, -0.2) is 0 Å². The van der Waals surface area contributed by atoms with Gasteiger partial charge in [0.15, 0.2) is 0 Å². The summed E-state index contributed by atoms with van der Waals surface area (Å²) in [5.74, 6) is 2.17.